The van der Waals surface area contributed by atoms with Gasteiger partial charge in [-0.1, -0.05) is 12.1 Å². The molecule has 0 saturated heterocycles. The molecule has 0 saturated carbocycles. The van der Waals surface area contributed by atoms with Gasteiger partial charge < -0.3 is 10.2 Å². The second kappa shape index (κ2) is 7.88. The summed E-state index contributed by atoms with van der Waals surface area (Å²) in [5, 5.41) is 17.6. The van der Waals surface area contributed by atoms with Crippen molar-refractivity contribution in [3.63, 3.8) is 0 Å². The fourth-order valence-corrected chi connectivity index (χ4v) is 1.11. The van der Waals surface area contributed by atoms with E-state index in [0.29, 0.717) is 5.56 Å². The molecular formula is C9H12Na2O3. The van der Waals surface area contributed by atoms with Gasteiger partial charge in [-0.3, -0.25) is 0 Å². The fraction of sp³-hybridized carbons (Fsp3) is 0.222. The Morgan fingerprint density at radius 1 is 1.36 bits per heavy atom. The number of carboxylic acids is 1. The van der Waals surface area contributed by atoms with E-state index in [1.165, 1.54) is 6.07 Å². The Morgan fingerprint density at radius 2 is 1.93 bits per heavy atom. The topological polar surface area (TPSA) is 57.5 Å². The van der Waals surface area contributed by atoms with Crippen molar-refractivity contribution < 1.29 is 15.0 Å². The number of aliphatic hydroxyl groups excluding tert-OH is 1. The van der Waals surface area contributed by atoms with Crippen LogP contribution in [0.5, 0.6) is 0 Å². The molecule has 0 amide bonds. The van der Waals surface area contributed by atoms with E-state index in [9.17, 15) is 4.79 Å². The number of carbonyl (C=O) groups is 1. The molecule has 0 heterocycles. The Kier molecular flexibility index (Phi) is 9.60. The van der Waals surface area contributed by atoms with E-state index >= 15 is 0 Å². The van der Waals surface area contributed by atoms with Crippen LogP contribution < -0.4 is 0 Å². The second-order valence-electron chi connectivity index (χ2n) is 2.56. The van der Waals surface area contributed by atoms with Crippen LogP contribution in [0.3, 0.4) is 0 Å². The molecule has 2 N–H and O–H groups in total. The first-order valence-corrected chi connectivity index (χ1v) is 3.59. The van der Waals surface area contributed by atoms with Crippen LogP contribution in [0.1, 0.15) is 21.5 Å². The molecule has 0 bridgehead atoms. The number of benzene rings is 1. The van der Waals surface area contributed by atoms with Crippen molar-refractivity contribution in [3.05, 3.63) is 34.9 Å². The van der Waals surface area contributed by atoms with E-state index in [0.717, 1.165) is 5.56 Å². The normalized spacial score (nSPS) is 8.43. The van der Waals surface area contributed by atoms with Crippen molar-refractivity contribution in [2.45, 2.75) is 13.5 Å². The maximum absolute atomic E-state index is 10.6. The van der Waals surface area contributed by atoms with E-state index in [1.807, 2.05) is 0 Å². The zero-order chi connectivity index (χ0) is 9.14. The molecule has 1 aromatic carbocycles. The van der Waals surface area contributed by atoms with Gasteiger partial charge in [-0.05, 0) is 24.1 Å². The predicted octanol–water partition coefficient (Wildman–Crippen LogP) is -0.111. The number of aromatic carboxylic acids is 1. The first-order chi connectivity index (χ1) is 5.66. The quantitative estimate of drug-likeness (QED) is 0.675. The Bertz CT molecular complexity index is 313. The summed E-state index contributed by atoms with van der Waals surface area (Å²) in [7, 11) is 0. The van der Waals surface area contributed by atoms with E-state index < -0.39 is 5.97 Å². The summed E-state index contributed by atoms with van der Waals surface area (Å²) in [4.78, 5) is 10.6. The van der Waals surface area contributed by atoms with Crippen molar-refractivity contribution >= 4 is 65.1 Å². The summed E-state index contributed by atoms with van der Waals surface area (Å²) in [6.07, 6.45) is 0. The number of rotatable bonds is 2. The van der Waals surface area contributed by atoms with Gasteiger partial charge in [0.15, 0.2) is 0 Å². The first kappa shape index (κ1) is 17.1. The third-order valence-electron chi connectivity index (χ3n) is 1.80. The molecule has 0 fully saturated rings. The Labute approximate surface area is 127 Å². The second-order valence-corrected chi connectivity index (χ2v) is 2.56. The number of aryl methyl sites for hydroxylation is 1. The van der Waals surface area contributed by atoms with Crippen molar-refractivity contribution in [1.82, 2.24) is 0 Å². The van der Waals surface area contributed by atoms with Crippen LogP contribution in [0.15, 0.2) is 18.2 Å². The third kappa shape index (κ3) is 4.03. The number of hydrogen-bond acceptors (Lipinski definition) is 2. The van der Waals surface area contributed by atoms with Crippen molar-refractivity contribution in [3.8, 4) is 0 Å². The Morgan fingerprint density at radius 3 is 2.29 bits per heavy atom. The van der Waals surface area contributed by atoms with Crippen LogP contribution in [0.4, 0.5) is 0 Å². The average Bonchev–Trinajstić information content (AvgIpc) is 2.03. The molecule has 0 radical (unpaired) electrons. The Hall–Kier alpha value is 0.650. The van der Waals surface area contributed by atoms with Crippen LogP contribution in [0, 0.1) is 6.92 Å². The van der Waals surface area contributed by atoms with Crippen molar-refractivity contribution in [1.29, 1.82) is 0 Å². The van der Waals surface area contributed by atoms with Crippen molar-refractivity contribution in [2.75, 3.05) is 0 Å². The molecule has 0 atom stereocenters. The predicted molar refractivity (Wildman–Crippen MR) is 58.4 cm³/mol. The summed E-state index contributed by atoms with van der Waals surface area (Å²) in [5.74, 6) is -0.997. The van der Waals surface area contributed by atoms with Gasteiger partial charge in [0.05, 0.1) is 12.2 Å². The summed E-state index contributed by atoms with van der Waals surface area (Å²) in [5.41, 5.74) is 1.47. The first-order valence-electron chi connectivity index (χ1n) is 3.59. The molecule has 0 aliphatic rings. The van der Waals surface area contributed by atoms with Crippen LogP contribution in [-0.2, 0) is 6.61 Å². The van der Waals surface area contributed by atoms with Gasteiger partial charge in [0.1, 0.15) is 0 Å². The van der Waals surface area contributed by atoms with E-state index in [2.05, 4.69) is 0 Å². The van der Waals surface area contributed by atoms with E-state index in [-0.39, 0.29) is 71.3 Å². The number of carboxylic acid groups (broad SMARTS) is 1. The molecule has 1 rings (SSSR count). The molecule has 0 aromatic heterocycles. The molecular weight excluding hydrogens is 202 g/mol. The van der Waals surface area contributed by atoms with E-state index in [4.69, 9.17) is 10.2 Å². The SMILES string of the molecule is Cc1cccc(C(=O)O)c1CO.[NaH].[NaH]. The zero-order valence-electron chi connectivity index (χ0n) is 6.74. The summed E-state index contributed by atoms with van der Waals surface area (Å²) in [6, 6.07) is 4.93. The molecule has 0 aliphatic heterocycles. The van der Waals surface area contributed by atoms with Gasteiger partial charge in [0, 0.05) is 0 Å². The van der Waals surface area contributed by atoms with Crippen LogP contribution in [0.2, 0.25) is 0 Å². The minimum atomic E-state index is -0.997. The monoisotopic (exact) mass is 214 g/mol. The molecule has 5 heteroatoms. The molecule has 0 aliphatic carbocycles. The molecule has 0 spiro atoms. The van der Waals surface area contributed by atoms with Gasteiger partial charge in [-0.2, -0.15) is 0 Å². The van der Waals surface area contributed by atoms with Gasteiger partial charge >= 0.3 is 65.1 Å². The fourth-order valence-electron chi connectivity index (χ4n) is 1.11. The summed E-state index contributed by atoms with van der Waals surface area (Å²) >= 11 is 0. The van der Waals surface area contributed by atoms with Crippen LogP contribution in [0.25, 0.3) is 0 Å². The molecule has 14 heavy (non-hydrogen) atoms. The number of aliphatic hydroxyl groups is 1. The molecule has 3 nitrogen and oxygen atoms in total. The van der Waals surface area contributed by atoms with Crippen LogP contribution in [-0.4, -0.2) is 75.3 Å². The maximum atomic E-state index is 10.6. The van der Waals surface area contributed by atoms with Crippen molar-refractivity contribution in [2.24, 2.45) is 0 Å². The minimum absolute atomic E-state index is 0. The zero-order valence-corrected chi connectivity index (χ0v) is 6.74. The van der Waals surface area contributed by atoms with E-state index in [1.54, 1.807) is 19.1 Å². The van der Waals surface area contributed by atoms with Gasteiger partial charge in [-0.15, -0.1) is 0 Å². The summed E-state index contributed by atoms with van der Waals surface area (Å²) in [6.45, 7) is 1.55. The van der Waals surface area contributed by atoms with Gasteiger partial charge in [-0.25, -0.2) is 4.79 Å². The molecule has 0 unspecified atom stereocenters. The Balaban J connectivity index is 0. The number of hydrogen-bond donors (Lipinski definition) is 2. The molecule has 68 valence electrons. The summed E-state index contributed by atoms with van der Waals surface area (Å²) < 4.78 is 0. The third-order valence-corrected chi connectivity index (χ3v) is 1.80. The standard InChI is InChI=1S/C9H10O3.2Na.2H/c1-6-3-2-4-7(9(11)12)8(6)5-10;;;;/h2-4,10H,5H2,1H3,(H,11,12);;;;. The molecule has 1 aromatic rings. The van der Waals surface area contributed by atoms with Gasteiger partial charge in [0.2, 0.25) is 0 Å². The van der Waals surface area contributed by atoms with Crippen LogP contribution >= 0.6 is 0 Å². The average molecular weight is 214 g/mol. The van der Waals surface area contributed by atoms with Gasteiger partial charge in [0.25, 0.3) is 0 Å².